The quantitative estimate of drug-likeness (QED) is 0.652. The summed E-state index contributed by atoms with van der Waals surface area (Å²) < 4.78 is 6.98. The molecule has 0 saturated carbocycles. The Kier molecular flexibility index (Phi) is 6.85. The van der Waals surface area contributed by atoms with Gasteiger partial charge >= 0.3 is 0 Å². The molecule has 0 amide bonds. The molecule has 0 spiro atoms. The van der Waals surface area contributed by atoms with Crippen molar-refractivity contribution < 1.29 is 4.74 Å². The summed E-state index contributed by atoms with van der Waals surface area (Å²) in [7, 11) is 3.82. The molecule has 1 heterocycles. The number of nitrogens with one attached hydrogen (secondary N) is 1. The Labute approximate surface area is 109 Å². The first kappa shape index (κ1) is 15.1. The van der Waals surface area contributed by atoms with Crippen molar-refractivity contribution in [3.05, 3.63) is 12.2 Å². The van der Waals surface area contributed by atoms with E-state index >= 15 is 0 Å². The van der Waals surface area contributed by atoms with Crippen molar-refractivity contribution in [1.29, 1.82) is 0 Å². The van der Waals surface area contributed by atoms with Crippen molar-refractivity contribution in [1.82, 2.24) is 25.0 Å². The summed E-state index contributed by atoms with van der Waals surface area (Å²) >= 11 is 0. The Hall–Kier alpha value is -0.980. The maximum atomic E-state index is 5.04. The first-order chi connectivity index (χ1) is 8.65. The molecule has 0 saturated heterocycles. The van der Waals surface area contributed by atoms with E-state index in [0.29, 0.717) is 6.04 Å². The second-order valence-corrected chi connectivity index (χ2v) is 4.69. The number of hydrogen-bond acceptors (Lipinski definition) is 5. The van der Waals surface area contributed by atoms with Crippen LogP contribution in [0, 0.1) is 0 Å². The van der Waals surface area contributed by atoms with Gasteiger partial charge in [0, 0.05) is 32.8 Å². The molecule has 104 valence electrons. The van der Waals surface area contributed by atoms with Crippen molar-refractivity contribution in [2.75, 3.05) is 40.4 Å². The van der Waals surface area contributed by atoms with Crippen molar-refractivity contribution in [2.24, 2.45) is 0 Å². The summed E-state index contributed by atoms with van der Waals surface area (Å²) in [5.74, 6) is 0.990. The van der Waals surface area contributed by atoms with Crippen molar-refractivity contribution in [2.45, 2.75) is 26.4 Å². The second-order valence-electron chi connectivity index (χ2n) is 4.69. The average Bonchev–Trinajstić information content (AvgIpc) is 2.80. The molecule has 0 fully saturated rings. The van der Waals surface area contributed by atoms with E-state index < -0.39 is 0 Å². The van der Waals surface area contributed by atoms with E-state index in [1.165, 1.54) is 0 Å². The highest BCUT2D eigenvalue weighted by atomic mass is 16.5. The van der Waals surface area contributed by atoms with Crippen LogP contribution in [-0.2, 0) is 11.3 Å². The van der Waals surface area contributed by atoms with Crippen LogP contribution in [0.2, 0.25) is 0 Å². The van der Waals surface area contributed by atoms with E-state index in [9.17, 15) is 0 Å². The highest BCUT2D eigenvalue weighted by Crippen LogP contribution is 2.04. The van der Waals surface area contributed by atoms with Crippen molar-refractivity contribution in [3.8, 4) is 0 Å². The van der Waals surface area contributed by atoms with Crippen molar-refractivity contribution in [3.63, 3.8) is 0 Å². The molecule has 0 aromatic carbocycles. The predicted octanol–water partition coefficient (Wildman–Crippen LogP) is 0.527. The monoisotopic (exact) mass is 255 g/mol. The average molecular weight is 255 g/mol. The minimum absolute atomic E-state index is 0.355. The van der Waals surface area contributed by atoms with Gasteiger partial charge in [-0.05, 0) is 20.9 Å². The van der Waals surface area contributed by atoms with E-state index in [2.05, 4.69) is 41.2 Å². The van der Waals surface area contributed by atoms with Crippen LogP contribution in [0.25, 0.3) is 0 Å². The molecule has 0 aliphatic rings. The summed E-state index contributed by atoms with van der Waals surface area (Å²) in [6, 6.07) is 0.355. The van der Waals surface area contributed by atoms with Gasteiger partial charge in [0.2, 0.25) is 0 Å². The zero-order valence-corrected chi connectivity index (χ0v) is 11.9. The van der Waals surface area contributed by atoms with Gasteiger partial charge < -0.3 is 15.0 Å². The normalized spacial score (nSPS) is 11.7. The van der Waals surface area contributed by atoms with E-state index in [-0.39, 0.29) is 0 Å². The van der Waals surface area contributed by atoms with Gasteiger partial charge in [-0.3, -0.25) is 0 Å². The third-order valence-corrected chi connectivity index (χ3v) is 2.77. The Morgan fingerprint density at radius 3 is 2.89 bits per heavy atom. The first-order valence-electron chi connectivity index (χ1n) is 6.41. The number of aromatic nitrogens is 3. The van der Waals surface area contributed by atoms with Crippen LogP contribution < -0.4 is 5.32 Å². The molecule has 1 rings (SSSR count). The molecule has 6 heteroatoms. The van der Waals surface area contributed by atoms with Gasteiger partial charge in [-0.1, -0.05) is 0 Å². The zero-order chi connectivity index (χ0) is 13.4. The van der Waals surface area contributed by atoms with Crippen LogP contribution in [0.3, 0.4) is 0 Å². The third kappa shape index (κ3) is 5.12. The van der Waals surface area contributed by atoms with Crippen LogP contribution in [0.4, 0.5) is 0 Å². The fourth-order valence-electron chi connectivity index (χ4n) is 1.66. The molecule has 0 radical (unpaired) electrons. The van der Waals surface area contributed by atoms with Crippen LogP contribution in [0.1, 0.15) is 25.7 Å². The molecular weight excluding hydrogens is 230 g/mol. The Balaban J connectivity index is 2.19. The van der Waals surface area contributed by atoms with E-state index in [1.807, 2.05) is 4.68 Å². The molecule has 0 aliphatic carbocycles. The molecule has 0 aliphatic heterocycles. The molecule has 0 bridgehead atoms. The maximum Gasteiger partial charge on any atom is 0.141 e. The fraction of sp³-hybridized carbons (Fsp3) is 0.833. The largest absolute Gasteiger partial charge is 0.383 e. The number of nitrogens with zero attached hydrogens (tertiary/aromatic N) is 4. The topological polar surface area (TPSA) is 55.2 Å². The lowest BCUT2D eigenvalue weighted by molar-refractivity contribution is 0.161. The predicted molar refractivity (Wildman–Crippen MR) is 71.5 cm³/mol. The minimum atomic E-state index is 0.355. The Morgan fingerprint density at radius 2 is 2.22 bits per heavy atom. The lowest BCUT2D eigenvalue weighted by atomic mass is 10.4. The van der Waals surface area contributed by atoms with Gasteiger partial charge in [-0.2, -0.15) is 5.10 Å². The van der Waals surface area contributed by atoms with Crippen LogP contribution >= 0.6 is 0 Å². The smallest absolute Gasteiger partial charge is 0.141 e. The Morgan fingerprint density at radius 1 is 1.44 bits per heavy atom. The van der Waals surface area contributed by atoms with Crippen molar-refractivity contribution >= 4 is 0 Å². The van der Waals surface area contributed by atoms with Crippen LogP contribution in [0.15, 0.2) is 6.33 Å². The number of ether oxygens (including phenoxy) is 1. The van der Waals surface area contributed by atoms with Gasteiger partial charge in [0.05, 0.1) is 13.2 Å². The molecule has 1 aromatic rings. The standard InChI is InChI=1S/C12H25N5O/c1-11(2)17-12(14-10-15-17)9-13-5-6-16(3)7-8-18-4/h10-11,13H,5-9H2,1-4H3. The highest BCUT2D eigenvalue weighted by molar-refractivity contribution is 4.85. The maximum absolute atomic E-state index is 5.04. The number of rotatable bonds is 9. The summed E-state index contributed by atoms with van der Waals surface area (Å²) in [5, 5.41) is 7.59. The molecule has 6 nitrogen and oxygen atoms in total. The van der Waals surface area contributed by atoms with Gasteiger partial charge in [0.15, 0.2) is 0 Å². The van der Waals surface area contributed by atoms with E-state index in [0.717, 1.165) is 38.6 Å². The lowest BCUT2D eigenvalue weighted by Crippen LogP contribution is -2.31. The summed E-state index contributed by atoms with van der Waals surface area (Å²) in [5.41, 5.74) is 0. The third-order valence-electron chi connectivity index (χ3n) is 2.77. The summed E-state index contributed by atoms with van der Waals surface area (Å²) in [4.78, 5) is 6.50. The summed E-state index contributed by atoms with van der Waals surface area (Å²) in [6.07, 6.45) is 1.61. The van der Waals surface area contributed by atoms with E-state index in [4.69, 9.17) is 4.74 Å². The summed E-state index contributed by atoms with van der Waals surface area (Å²) in [6.45, 7) is 8.65. The second kappa shape index (κ2) is 8.18. The molecule has 18 heavy (non-hydrogen) atoms. The molecular formula is C12H25N5O. The van der Waals surface area contributed by atoms with Gasteiger partial charge in [-0.25, -0.2) is 9.67 Å². The minimum Gasteiger partial charge on any atom is -0.383 e. The molecule has 0 atom stereocenters. The SMILES string of the molecule is COCCN(C)CCNCc1ncnn1C(C)C. The van der Waals surface area contributed by atoms with Gasteiger partial charge in [0.25, 0.3) is 0 Å². The van der Waals surface area contributed by atoms with Crippen LogP contribution in [0.5, 0.6) is 0 Å². The molecule has 0 unspecified atom stereocenters. The number of hydrogen-bond donors (Lipinski definition) is 1. The zero-order valence-electron chi connectivity index (χ0n) is 11.9. The highest BCUT2D eigenvalue weighted by Gasteiger charge is 2.06. The fourth-order valence-corrected chi connectivity index (χ4v) is 1.66. The lowest BCUT2D eigenvalue weighted by Gasteiger charge is -2.16. The van der Waals surface area contributed by atoms with Gasteiger partial charge in [0.1, 0.15) is 12.2 Å². The number of likely N-dealkylation sites (N-methyl/N-ethyl adjacent to an activating group) is 1. The Bertz CT molecular complexity index is 326. The molecule has 1 aromatic heterocycles. The number of methoxy groups -OCH3 is 1. The van der Waals surface area contributed by atoms with Gasteiger partial charge in [-0.15, -0.1) is 0 Å². The van der Waals surface area contributed by atoms with Crippen LogP contribution in [-0.4, -0.2) is 60.1 Å². The molecule has 1 N–H and O–H groups in total. The first-order valence-corrected chi connectivity index (χ1v) is 6.41. The van der Waals surface area contributed by atoms with E-state index in [1.54, 1.807) is 13.4 Å².